The largest absolute Gasteiger partial charge is 0.334 e. The molecule has 7 heteroatoms. The van der Waals surface area contributed by atoms with Crippen LogP contribution in [0.1, 0.15) is 40.3 Å². The molecule has 0 aliphatic carbocycles. The molecular weight excluding hydrogens is 314 g/mol. The van der Waals surface area contributed by atoms with E-state index in [-0.39, 0.29) is 11.9 Å². The maximum atomic E-state index is 13.0. The van der Waals surface area contributed by atoms with E-state index in [1.807, 2.05) is 30.4 Å². The third kappa shape index (κ3) is 2.87. The first-order valence-electron chi connectivity index (χ1n) is 7.89. The van der Waals surface area contributed by atoms with Gasteiger partial charge in [0, 0.05) is 19.3 Å². The lowest BCUT2D eigenvalue weighted by molar-refractivity contribution is 0.0720. The van der Waals surface area contributed by atoms with Crippen molar-refractivity contribution in [3.8, 4) is 0 Å². The Kier molecular flexibility index (Phi) is 4.19. The molecule has 0 saturated carbocycles. The molecule has 1 atom stereocenters. The summed E-state index contributed by atoms with van der Waals surface area (Å²) in [4.78, 5) is 14.9. The summed E-state index contributed by atoms with van der Waals surface area (Å²) >= 11 is 6.26. The smallest absolute Gasteiger partial charge is 0.259 e. The summed E-state index contributed by atoms with van der Waals surface area (Å²) in [5.74, 6) is -0.0235. The average Bonchev–Trinajstić information content (AvgIpc) is 3.12. The fourth-order valence-corrected chi connectivity index (χ4v) is 3.62. The van der Waals surface area contributed by atoms with Crippen LogP contribution in [0.5, 0.6) is 0 Å². The standard InChI is InChI=1S/C16H22ClN5O/c1-10-8-11(2)22(18-10)9-13-6-5-7-21(13)16(23)14-12(3)19-20(4)15(14)17/h8,13H,5-7,9H2,1-4H3/t13-/m1/s1. The van der Waals surface area contributed by atoms with E-state index in [2.05, 4.69) is 16.3 Å². The van der Waals surface area contributed by atoms with Crippen molar-refractivity contribution in [3.05, 3.63) is 33.9 Å². The van der Waals surface area contributed by atoms with Gasteiger partial charge >= 0.3 is 0 Å². The van der Waals surface area contributed by atoms with E-state index in [4.69, 9.17) is 11.6 Å². The third-order valence-corrected chi connectivity index (χ3v) is 4.92. The Morgan fingerprint density at radius 2 is 2.09 bits per heavy atom. The number of likely N-dealkylation sites (tertiary alicyclic amines) is 1. The number of carbonyl (C=O) groups excluding carboxylic acids is 1. The summed E-state index contributed by atoms with van der Waals surface area (Å²) in [5, 5.41) is 9.17. The third-order valence-electron chi connectivity index (χ3n) is 4.49. The first kappa shape index (κ1) is 16.1. The summed E-state index contributed by atoms with van der Waals surface area (Å²) in [6, 6.07) is 2.21. The molecule has 3 heterocycles. The van der Waals surface area contributed by atoms with E-state index in [0.717, 1.165) is 37.3 Å². The van der Waals surface area contributed by atoms with Gasteiger partial charge in [-0.3, -0.25) is 14.2 Å². The van der Waals surface area contributed by atoms with Crippen molar-refractivity contribution < 1.29 is 4.79 Å². The van der Waals surface area contributed by atoms with Crippen LogP contribution in [0, 0.1) is 20.8 Å². The number of hydrogen-bond acceptors (Lipinski definition) is 3. The first-order valence-corrected chi connectivity index (χ1v) is 8.27. The van der Waals surface area contributed by atoms with Gasteiger partial charge in [0.05, 0.1) is 29.5 Å². The van der Waals surface area contributed by atoms with Crippen molar-refractivity contribution in [2.45, 2.75) is 46.2 Å². The Labute approximate surface area is 141 Å². The Morgan fingerprint density at radius 3 is 2.65 bits per heavy atom. The maximum absolute atomic E-state index is 13.0. The van der Waals surface area contributed by atoms with Crippen molar-refractivity contribution in [3.63, 3.8) is 0 Å². The summed E-state index contributed by atoms with van der Waals surface area (Å²) in [6.07, 6.45) is 1.99. The van der Waals surface area contributed by atoms with Gasteiger partial charge in [-0.25, -0.2) is 0 Å². The lowest BCUT2D eigenvalue weighted by Gasteiger charge is -2.25. The number of hydrogen-bond donors (Lipinski definition) is 0. The van der Waals surface area contributed by atoms with Crippen molar-refractivity contribution in [1.29, 1.82) is 0 Å². The van der Waals surface area contributed by atoms with E-state index in [1.165, 1.54) is 0 Å². The quantitative estimate of drug-likeness (QED) is 0.866. The fourth-order valence-electron chi connectivity index (χ4n) is 3.37. The molecule has 1 aliphatic rings. The Hall–Kier alpha value is -1.82. The molecule has 2 aromatic rings. The van der Waals surface area contributed by atoms with Crippen molar-refractivity contribution >= 4 is 17.5 Å². The van der Waals surface area contributed by atoms with Gasteiger partial charge in [0.15, 0.2) is 0 Å². The number of aromatic nitrogens is 4. The fraction of sp³-hybridized carbons (Fsp3) is 0.562. The Bertz CT molecular complexity index is 748. The van der Waals surface area contributed by atoms with Gasteiger partial charge < -0.3 is 4.90 Å². The molecule has 124 valence electrons. The Morgan fingerprint density at radius 1 is 1.35 bits per heavy atom. The normalized spacial score (nSPS) is 18.0. The molecule has 0 bridgehead atoms. The van der Waals surface area contributed by atoms with Crippen LogP contribution in [0.15, 0.2) is 6.07 Å². The highest BCUT2D eigenvalue weighted by atomic mass is 35.5. The number of aryl methyl sites for hydroxylation is 4. The van der Waals surface area contributed by atoms with Crippen molar-refractivity contribution in [2.24, 2.45) is 7.05 Å². The SMILES string of the molecule is Cc1cc(C)n(C[C@H]2CCCN2C(=O)c2c(C)nn(C)c2Cl)n1. The molecule has 0 spiro atoms. The van der Waals surface area contributed by atoms with Crippen LogP contribution in [0.3, 0.4) is 0 Å². The van der Waals surface area contributed by atoms with E-state index >= 15 is 0 Å². The monoisotopic (exact) mass is 335 g/mol. The maximum Gasteiger partial charge on any atom is 0.259 e. The number of nitrogens with zero attached hydrogens (tertiary/aromatic N) is 5. The molecule has 6 nitrogen and oxygen atoms in total. The topological polar surface area (TPSA) is 56.0 Å². The van der Waals surface area contributed by atoms with E-state index < -0.39 is 0 Å². The highest BCUT2D eigenvalue weighted by molar-refractivity contribution is 6.33. The van der Waals surface area contributed by atoms with Gasteiger partial charge in [0.1, 0.15) is 5.15 Å². The summed E-state index contributed by atoms with van der Waals surface area (Å²) in [7, 11) is 1.75. The van der Waals surface area contributed by atoms with Gasteiger partial charge in [-0.05, 0) is 39.7 Å². The lowest BCUT2D eigenvalue weighted by Crippen LogP contribution is -2.38. The average molecular weight is 336 g/mol. The molecule has 0 aromatic carbocycles. The molecule has 1 amide bonds. The number of carbonyl (C=O) groups is 1. The van der Waals surface area contributed by atoms with Crippen LogP contribution >= 0.6 is 11.6 Å². The second-order valence-electron chi connectivity index (χ2n) is 6.28. The summed E-state index contributed by atoms with van der Waals surface area (Å²) in [5.41, 5.74) is 3.33. The highest BCUT2D eigenvalue weighted by Crippen LogP contribution is 2.26. The number of rotatable bonds is 3. The van der Waals surface area contributed by atoms with Crippen LogP contribution < -0.4 is 0 Å². The van der Waals surface area contributed by atoms with Gasteiger partial charge in [-0.1, -0.05) is 11.6 Å². The zero-order valence-corrected chi connectivity index (χ0v) is 14.8. The molecule has 2 aromatic heterocycles. The van der Waals surface area contributed by atoms with Crippen LogP contribution in [-0.4, -0.2) is 43.0 Å². The second kappa shape index (κ2) is 6.00. The van der Waals surface area contributed by atoms with E-state index in [1.54, 1.807) is 11.7 Å². The predicted octanol–water partition coefficient (Wildman–Crippen LogP) is 2.50. The van der Waals surface area contributed by atoms with Crippen LogP contribution in [-0.2, 0) is 13.6 Å². The van der Waals surface area contributed by atoms with Gasteiger partial charge in [-0.15, -0.1) is 0 Å². The van der Waals surface area contributed by atoms with Crippen LogP contribution in [0.2, 0.25) is 5.15 Å². The van der Waals surface area contributed by atoms with Crippen LogP contribution in [0.25, 0.3) is 0 Å². The zero-order valence-electron chi connectivity index (χ0n) is 14.0. The molecule has 0 unspecified atom stereocenters. The van der Waals surface area contributed by atoms with Crippen LogP contribution in [0.4, 0.5) is 0 Å². The lowest BCUT2D eigenvalue weighted by atomic mass is 10.2. The van der Waals surface area contributed by atoms with Gasteiger partial charge in [0.2, 0.25) is 0 Å². The number of halogens is 1. The van der Waals surface area contributed by atoms with E-state index in [0.29, 0.717) is 16.4 Å². The van der Waals surface area contributed by atoms with Gasteiger partial charge in [0.25, 0.3) is 5.91 Å². The minimum Gasteiger partial charge on any atom is -0.334 e. The molecular formula is C16H22ClN5O. The summed E-state index contributed by atoms with van der Waals surface area (Å²) < 4.78 is 3.54. The van der Waals surface area contributed by atoms with Crippen molar-refractivity contribution in [1.82, 2.24) is 24.5 Å². The molecule has 0 N–H and O–H groups in total. The molecule has 1 aliphatic heterocycles. The minimum absolute atomic E-state index is 0.0235. The summed E-state index contributed by atoms with van der Waals surface area (Å²) in [6.45, 7) is 7.34. The molecule has 0 radical (unpaired) electrons. The number of amides is 1. The van der Waals surface area contributed by atoms with Gasteiger partial charge in [-0.2, -0.15) is 10.2 Å². The molecule has 3 rings (SSSR count). The van der Waals surface area contributed by atoms with Crippen molar-refractivity contribution in [2.75, 3.05) is 6.54 Å². The second-order valence-corrected chi connectivity index (χ2v) is 6.64. The molecule has 23 heavy (non-hydrogen) atoms. The molecule has 1 fully saturated rings. The first-order chi connectivity index (χ1) is 10.9. The highest BCUT2D eigenvalue weighted by Gasteiger charge is 2.33. The zero-order chi connectivity index (χ0) is 16.7. The predicted molar refractivity (Wildman–Crippen MR) is 88.7 cm³/mol. The Balaban J connectivity index is 1.84. The minimum atomic E-state index is -0.0235. The van der Waals surface area contributed by atoms with E-state index in [9.17, 15) is 4.79 Å². The molecule has 1 saturated heterocycles.